The molecule has 0 saturated heterocycles. The van der Waals surface area contributed by atoms with E-state index in [1.807, 2.05) is 48.2 Å². The van der Waals surface area contributed by atoms with Crippen LogP contribution in [0.1, 0.15) is 34.0 Å². The molecule has 1 heterocycles. The molecule has 2 N–H and O–H groups in total. The van der Waals surface area contributed by atoms with Gasteiger partial charge in [-0.25, -0.2) is 0 Å². The molecule has 0 saturated carbocycles. The second kappa shape index (κ2) is 6.57. The lowest BCUT2D eigenvalue weighted by atomic mass is 10.2. The maximum atomic E-state index is 12.5. The van der Waals surface area contributed by atoms with Crippen molar-refractivity contribution in [1.29, 1.82) is 0 Å². The Morgan fingerprint density at radius 1 is 1.15 bits per heavy atom. The van der Waals surface area contributed by atoms with Crippen molar-refractivity contribution >= 4 is 22.9 Å². The van der Waals surface area contributed by atoms with E-state index in [0.717, 1.165) is 22.5 Å². The average Bonchev–Trinajstić information content (AvgIpc) is 2.95. The average molecular weight is 288 g/mol. The number of amides is 1. The van der Waals surface area contributed by atoms with Gasteiger partial charge in [0.1, 0.15) is 0 Å². The minimum Gasteiger partial charge on any atom is -0.399 e. The quantitative estimate of drug-likeness (QED) is 0.855. The molecule has 0 spiro atoms. The van der Waals surface area contributed by atoms with Crippen molar-refractivity contribution in [1.82, 2.24) is 4.90 Å². The molecule has 0 radical (unpaired) electrons. The number of carbonyl (C=O) groups excluding carboxylic acids is 1. The van der Waals surface area contributed by atoms with E-state index >= 15 is 0 Å². The molecule has 20 heavy (non-hydrogen) atoms. The van der Waals surface area contributed by atoms with Crippen LogP contribution in [0.3, 0.4) is 0 Å². The molecular formula is C16H20N2OS. The summed E-state index contributed by atoms with van der Waals surface area (Å²) in [6, 6.07) is 11.6. The highest BCUT2D eigenvalue weighted by atomic mass is 32.1. The Bertz CT molecular complexity index is 574. The molecule has 0 bridgehead atoms. The SMILES string of the molecule is CCc1ccc(C(=O)N(CC)Cc2ccc(N)cc2)s1. The van der Waals surface area contributed by atoms with Crippen LogP contribution in [0.5, 0.6) is 0 Å². The number of nitrogens with two attached hydrogens (primary N) is 1. The second-order valence-electron chi connectivity index (χ2n) is 4.68. The lowest BCUT2D eigenvalue weighted by molar-refractivity contribution is 0.0757. The van der Waals surface area contributed by atoms with E-state index in [9.17, 15) is 4.79 Å². The zero-order valence-corrected chi connectivity index (χ0v) is 12.7. The number of nitrogens with zero attached hydrogens (tertiary/aromatic N) is 1. The highest BCUT2D eigenvalue weighted by Gasteiger charge is 2.16. The van der Waals surface area contributed by atoms with Gasteiger partial charge in [0.15, 0.2) is 0 Å². The van der Waals surface area contributed by atoms with E-state index in [2.05, 4.69) is 6.92 Å². The first-order chi connectivity index (χ1) is 9.63. The van der Waals surface area contributed by atoms with Crippen molar-refractivity contribution in [3.63, 3.8) is 0 Å². The predicted molar refractivity (Wildman–Crippen MR) is 85.0 cm³/mol. The fraction of sp³-hybridized carbons (Fsp3) is 0.312. The Morgan fingerprint density at radius 2 is 1.85 bits per heavy atom. The van der Waals surface area contributed by atoms with Crippen molar-refractivity contribution in [2.24, 2.45) is 0 Å². The first kappa shape index (κ1) is 14.6. The highest BCUT2D eigenvalue weighted by Crippen LogP contribution is 2.20. The zero-order valence-electron chi connectivity index (χ0n) is 11.9. The summed E-state index contributed by atoms with van der Waals surface area (Å²) in [4.78, 5) is 16.4. The molecule has 0 aliphatic heterocycles. The third-order valence-electron chi connectivity index (χ3n) is 3.24. The molecule has 2 aromatic rings. The molecular weight excluding hydrogens is 268 g/mol. The van der Waals surface area contributed by atoms with Gasteiger partial charge in [0.25, 0.3) is 5.91 Å². The molecule has 0 atom stereocenters. The van der Waals surface area contributed by atoms with E-state index in [4.69, 9.17) is 5.73 Å². The fourth-order valence-electron chi connectivity index (χ4n) is 2.01. The molecule has 2 rings (SSSR count). The van der Waals surface area contributed by atoms with Gasteiger partial charge in [0, 0.05) is 23.7 Å². The Labute approximate surface area is 124 Å². The van der Waals surface area contributed by atoms with Gasteiger partial charge < -0.3 is 10.6 Å². The predicted octanol–water partition coefficient (Wildman–Crippen LogP) is 3.56. The van der Waals surface area contributed by atoms with Crippen molar-refractivity contribution in [3.05, 3.63) is 51.7 Å². The molecule has 1 aromatic carbocycles. The molecule has 0 aliphatic carbocycles. The summed E-state index contributed by atoms with van der Waals surface area (Å²) in [5.74, 6) is 0.106. The Balaban J connectivity index is 2.11. The van der Waals surface area contributed by atoms with Gasteiger partial charge in [-0.2, -0.15) is 0 Å². The highest BCUT2D eigenvalue weighted by molar-refractivity contribution is 7.14. The maximum Gasteiger partial charge on any atom is 0.264 e. The number of aryl methyl sites for hydroxylation is 1. The summed E-state index contributed by atoms with van der Waals surface area (Å²) < 4.78 is 0. The van der Waals surface area contributed by atoms with Crippen LogP contribution in [-0.2, 0) is 13.0 Å². The van der Waals surface area contributed by atoms with Crippen LogP contribution in [0.4, 0.5) is 5.69 Å². The molecule has 4 heteroatoms. The minimum atomic E-state index is 0.106. The Hall–Kier alpha value is -1.81. The Morgan fingerprint density at radius 3 is 2.40 bits per heavy atom. The molecule has 0 aliphatic rings. The number of nitrogen functional groups attached to an aromatic ring is 1. The van der Waals surface area contributed by atoms with Crippen LogP contribution in [-0.4, -0.2) is 17.4 Å². The largest absolute Gasteiger partial charge is 0.399 e. The third kappa shape index (κ3) is 3.39. The van der Waals surface area contributed by atoms with Gasteiger partial charge in [-0.3, -0.25) is 4.79 Å². The van der Waals surface area contributed by atoms with Gasteiger partial charge >= 0.3 is 0 Å². The van der Waals surface area contributed by atoms with Crippen molar-refractivity contribution in [2.75, 3.05) is 12.3 Å². The number of anilines is 1. The molecule has 1 aromatic heterocycles. The van der Waals surface area contributed by atoms with Crippen LogP contribution < -0.4 is 5.73 Å². The van der Waals surface area contributed by atoms with Crippen LogP contribution in [0, 0.1) is 0 Å². The second-order valence-corrected chi connectivity index (χ2v) is 5.85. The standard InChI is InChI=1S/C16H20N2OS/c1-3-14-9-10-15(20-14)16(19)18(4-2)11-12-5-7-13(17)8-6-12/h5-10H,3-4,11,17H2,1-2H3. The van der Waals surface area contributed by atoms with Crippen molar-refractivity contribution in [2.45, 2.75) is 26.8 Å². The molecule has 3 nitrogen and oxygen atoms in total. The van der Waals surface area contributed by atoms with Gasteiger partial charge in [-0.15, -0.1) is 11.3 Å². The summed E-state index contributed by atoms with van der Waals surface area (Å²) in [5.41, 5.74) is 7.52. The number of thiophene rings is 1. The van der Waals surface area contributed by atoms with E-state index in [-0.39, 0.29) is 5.91 Å². The van der Waals surface area contributed by atoms with E-state index in [0.29, 0.717) is 13.1 Å². The molecule has 0 unspecified atom stereocenters. The first-order valence-corrected chi connectivity index (χ1v) is 7.68. The topological polar surface area (TPSA) is 46.3 Å². The monoisotopic (exact) mass is 288 g/mol. The number of hydrogen-bond acceptors (Lipinski definition) is 3. The molecule has 0 fully saturated rings. The van der Waals surface area contributed by atoms with E-state index in [1.165, 1.54) is 4.88 Å². The van der Waals surface area contributed by atoms with Crippen LogP contribution >= 0.6 is 11.3 Å². The lowest BCUT2D eigenvalue weighted by Gasteiger charge is -2.20. The maximum absolute atomic E-state index is 12.5. The van der Waals surface area contributed by atoms with Crippen molar-refractivity contribution < 1.29 is 4.79 Å². The van der Waals surface area contributed by atoms with Gasteiger partial charge in [0.2, 0.25) is 0 Å². The summed E-state index contributed by atoms with van der Waals surface area (Å²) in [6.45, 7) is 5.42. The van der Waals surface area contributed by atoms with Gasteiger partial charge in [-0.05, 0) is 43.2 Å². The number of rotatable bonds is 5. The third-order valence-corrected chi connectivity index (χ3v) is 4.46. The molecule has 1 amide bonds. The van der Waals surface area contributed by atoms with Crippen LogP contribution in [0.25, 0.3) is 0 Å². The normalized spacial score (nSPS) is 10.5. The first-order valence-electron chi connectivity index (χ1n) is 6.86. The van der Waals surface area contributed by atoms with Gasteiger partial charge in [0.05, 0.1) is 4.88 Å². The number of carbonyl (C=O) groups is 1. The van der Waals surface area contributed by atoms with Gasteiger partial charge in [-0.1, -0.05) is 19.1 Å². The Kier molecular flexibility index (Phi) is 4.79. The summed E-state index contributed by atoms with van der Waals surface area (Å²) in [7, 11) is 0. The smallest absolute Gasteiger partial charge is 0.264 e. The number of benzene rings is 1. The van der Waals surface area contributed by atoms with Crippen LogP contribution in [0.2, 0.25) is 0 Å². The summed E-state index contributed by atoms with van der Waals surface area (Å²) in [6.07, 6.45) is 0.974. The summed E-state index contributed by atoms with van der Waals surface area (Å²) >= 11 is 1.59. The zero-order chi connectivity index (χ0) is 14.5. The van der Waals surface area contributed by atoms with Crippen molar-refractivity contribution in [3.8, 4) is 0 Å². The molecule has 106 valence electrons. The van der Waals surface area contributed by atoms with Crippen LogP contribution in [0.15, 0.2) is 36.4 Å². The summed E-state index contributed by atoms with van der Waals surface area (Å²) in [5, 5.41) is 0. The fourth-order valence-corrected chi connectivity index (χ4v) is 2.92. The number of hydrogen-bond donors (Lipinski definition) is 1. The minimum absolute atomic E-state index is 0.106. The van der Waals surface area contributed by atoms with E-state index in [1.54, 1.807) is 11.3 Å². The lowest BCUT2D eigenvalue weighted by Crippen LogP contribution is -2.29. The van der Waals surface area contributed by atoms with E-state index < -0.39 is 0 Å².